The number of hydrogen-bond donors (Lipinski definition) is 2. The summed E-state index contributed by atoms with van der Waals surface area (Å²) < 4.78 is 5.34. The number of benzene rings is 2. The molecular weight excluding hydrogens is 414 g/mol. The number of carbonyl (C=O) groups excluding carboxylic acids is 3. The monoisotopic (exact) mass is 439 g/mol. The van der Waals surface area contributed by atoms with Crippen LogP contribution in [0.5, 0.6) is 0 Å². The molecule has 2 aromatic rings. The van der Waals surface area contributed by atoms with Crippen LogP contribution >= 0.6 is 11.8 Å². The van der Waals surface area contributed by atoms with Crippen LogP contribution in [-0.4, -0.2) is 48.0 Å². The second-order valence-corrected chi connectivity index (χ2v) is 9.81. The highest BCUT2D eigenvalue weighted by Crippen LogP contribution is 2.39. The summed E-state index contributed by atoms with van der Waals surface area (Å²) in [5.41, 5.74) is 1.21. The number of hydrogen-bond acceptors (Lipinski definition) is 5. The fourth-order valence-corrected chi connectivity index (χ4v) is 4.43. The molecule has 2 aromatic carbocycles. The number of carbonyl (C=O) groups is 3. The molecule has 7 nitrogen and oxygen atoms in total. The Morgan fingerprint density at radius 2 is 1.90 bits per heavy atom. The highest BCUT2D eigenvalue weighted by molar-refractivity contribution is 7.99. The first kappa shape index (κ1) is 21.2. The van der Waals surface area contributed by atoms with Gasteiger partial charge >= 0.3 is 6.09 Å². The zero-order valence-corrected chi connectivity index (χ0v) is 18.5. The molecule has 2 N–H and O–H groups in total. The topological polar surface area (TPSA) is 87.7 Å². The summed E-state index contributed by atoms with van der Waals surface area (Å²) in [7, 11) is 0. The molecule has 0 unspecified atom stereocenters. The summed E-state index contributed by atoms with van der Waals surface area (Å²) in [5, 5.41) is 5.82. The van der Waals surface area contributed by atoms with Crippen molar-refractivity contribution in [2.24, 2.45) is 5.92 Å². The van der Waals surface area contributed by atoms with Crippen molar-refractivity contribution in [3.63, 3.8) is 0 Å². The van der Waals surface area contributed by atoms with Crippen molar-refractivity contribution in [3.05, 3.63) is 53.6 Å². The van der Waals surface area contributed by atoms with Gasteiger partial charge < -0.3 is 20.3 Å². The summed E-state index contributed by atoms with van der Waals surface area (Å²) in [6, 6.07) is 12.7. The molecule has 0 radical (unpaired) electrons. The maximum absolute atomic E-state index is 12.6. The first-order valence-corrected chi connectivity index (χ1v) is 11.0. The van der Waals surface area contributed by atoms with E-state index in [1.165, 1.54) is 11.8 Å². The van der Waals surface area contributed by atoms with Gasteiger partial charge in [-0.25, -0.2) is 4.79 Å². The molecule has 8 heteroatoms. The van der Waals surface area contributed by atoms with E-state index in [9.17, 15) is 14.4 Å². The third kappa shape index (κ3) is 4.85. The summed E-state index contributed by atoms with van der Waals surface area (Å²) in [6.45, 7) is 7.10. The Balaban J connectivity index is 1.33. The first-order valence-electron chi connectivity index (χ1n) is 10.2. The van der Waals surface area contributed by atoms with Gasteiger partial charge in [-0.15, -0.1) is 0 Å². The Kier molecular flexibility index (Phi) is 5.66. The minimum absolute atomic E-state index is 0.184. The lowest BCUT2D eigenvalue weighted by atomic mass is 10.0. The Morgan fingerprint density at radius 3 is 2.65 bits per heavy atom. The Morgan fingerprint density at radius 1 is 1.16 bits per heavy atom. The van der Waals surface area contributed by atoms with Crippen LogP contribution < -0.4 is 10.6 Å². The predicted octanol–water partition coefficient (Wildman–Crippen LogP) is 4.00. The first-order chi connectivity index (χ1) is 14.7. The van der Waals surface area contributed by atoms with E-state index in [4.69, 9.17) is 4.74 Å². The van der Waals surface area contributed by atoms with E-state index in [-0.39, 0.29) is 23.8 Å². The smallest absolute Gasteiger partial charge is 0.410 e. The average molecular weight is 440 g/mol. The average Bonchev–Trinajstić information content (AvgIpc) is 2.80. The Bertz CT molecular complexity index is 1040. The molecule has 0 atom stereocenters. The van der Waals surface area contributed by atoms with Crippen molar-refractivity contribution in [2.75, 3.05) is 25.0 Å². The minimum atomic E-state index is -0.517. The van der Waals surface area contributed by atoms with Crippen molar-refractivity contribution < 1.29 is 19.1 Å². The fourth-order valence-electron chi connectivity index (χ4n) is 3.42. The molecule has 2 aliphatic heterocycles. The van der Waals surface area contributed by atoms with Gasteiger partial charge in [0.05, 0.1) is 11.3 Å². The number of ether oxygens (including phenoxy) is 1. The van der Waals surface area contributed by atoms with Crippen molar-refractivity contribution in [2.45, 2.75) is 36.2 Å². The highest BCUT2D eigenvalue weighted by Gasteiger charge is 2.33. The zero-order valence-electron chi connectivity index (χ0n) is 17.7. The number of amides is 3. The second kappa shape index (κ2) is 8.26. The van der Waals surface area contributed by atoms with Crippen molar-refractivity contribution in [3.8, 4) is 0 Å². The van der Waals surface area contributed by atoms with Gasteiger partial charge in [0, 0.05) is 40.9 Å². The number of fused-ring (bicyclic) bond motifs is 2. The van der Waals surface area contributed by atoms with Crippen molar-refractivity contribution >= 4 is 35.4 Å². The maximum atomic E-state index is 12.6. The maximum Gasteiger partial charge on any atom is 0.410 e. The lowest BCUT2D eigenvalue weighted by Gasteiger charge is -2.39. The van der Waals surface area contributed by atoms with E-state index >= 15 is 0 Å². The molecular formula is C23H25N3O4S. The van der Waals surface area contributed by atoms with Crippen LogP contribution in [0.3, 0.4) is 0 Å². The van der Waals surface area contributed by atoms with Gasteiger partial charge in [0.15, 0.2) is 0 Å². The predicted molar refractivity (Wildman–Crippen MR) is 119 cm³/mol. The van der Waals surface area contributed by atoms with Crippen LogP contribution in [0.15, 0.2) is 52.3 Å². The molecule has 0 aliphatic carbocycles. The number of nitrogens with zero attached hydrogens (tertiary/aromatic N) is 1. The number of anilines is 1. The minimum Gasteiger partial charge on any atom is -0.444 e. The molecule has 162 valence electrons. The van der Waals surface area contributed by atoms with E-state index in [0.717, 1.165) is 9.79 Å². The van der Waals surface area contributed by atoms with Gasteiger partial charge in [0.2, 0.25) is 0 Å². The summed E-state index contributed by atoms with van der Waals surface area (Å²) >= 11 is 1.50. The van der Waals surface area contributed by atoms with Crippen LogP contribution in [0, 0.1) is 5.92 Å². The Hall–Kier alpha value is -3.00. The molecule has 31 heavy (non-hydrogen) atoms. The highest BCUT2D eigenvalue weighted by atomic mass is 32.2. The van der Waals surface area contributed by atoms with E-state index in [2.05, 4.69) is 10.6 Å². The standard InChI is InChI=1S/C23H25N3O4S/c1-23(2,3)30-22(29)26-12-14(13-26)11-24-20(27)15-8-9-19-17(10-15)25-21(28)16-6-4-5-7-18(16)31-19/h4-10,14H,11-13H2,1-3H3,(H,24,27)(H,25,28). The molecule has 1 saturated heterocycles. The molecule has 2 aliphatic rings. The van der Waals surface area contributed by atoms with Gasteiger partial charge in [-0.3, -0.25) is 9.59 Å². The number of nitrogens with one attached hydrogen (secondary N) is 2. The lowest BCUT2D eigenvalue weighted by molar-refractivity contribution is -0.000541. The molecule has 0 bridgehead atoms. The number of rotatable bonds is 3. The quantitative estimate of drug-likeness (QED) is 0.755. The van der Waals surface area contributed by atoms with E-state index < -0.39 is 5.60 Å². The summed E-state index contributed by atoms with van der Waals surface area (Å²) in [6.07, 6.45) is -0.324. The normalized spacial score (nSPS) is 15.7. The zero-order chi connectivity index (χ0) is 22.2. The third-order valence-corrected chi connectivity index (χ3v) is 6.15. The lowest BCUT2D eigenvalue weighted by Crippen LogP contribution is -2.54. The fraction of sp³-hybridized carbons (Fsp3) is 0.348. The van der Waals surface area contributed by atoms with Crippen LogP contribution in [-0.2, 0) is 4.74 Å². The molecule has 0 saturated carbocycles. The third-order valence-electron chi connectivity index (χ3n) is 5.00. The molecule has 3 amide bonds. The van der Waals surface area contributed by atoms with E-state index in [1.807, 2.05) is 45.0 Å². The molecule has 1 fully saturated rings. The van der Waals surface area contributed by atoms with E-state index in [1.54, 1.807) is 23.1 Å². The van der Waals surface area contributed by atoms with Crippen molar-refractivity contribution in [1.82, 2.24) is 10.2 Å². The molecule has 0 aromatic heterocycles. The molecule has 2 heterocycles. The van der Waals surface area contributed by atoms with Crippen LogP contribution in [0.2, 0.25) is 0 Å². The van der Waals surface area contributed by atoms with E-state index in [0.29, 0.717) is 36.4 Å². The van der Waals surface area contributed by atoms with Gasteiger partial charge in [-0.2, -0.15) is 0 Å². The SMILES string of the molecule is CC(C)(C)OC(=O)N1CC(CNC(=O)c2ccc3c(c2)NC(=O)c2ccccc2S3)C1. The van der Waals surface area contributed by atoms with Gasteiger partial charge in [0.25, 0.3) is 11.8 Å². The molecule has 4 rings (SSSR count). The Labute approximate surface area is 185 Å². The van der Waals surface area contributed by atoms with Gasteiger partial charge in [-0.1, -0.05) is 23.9 Å². The van der Waals surface area contributed by atoms with Gasteiger partial charge in [-0.05, 0) is 51.1 Å². The van der Waals surface area contributed by atoms with Crippen LogP contribution in [0.25, 0.3) is 0 Å². The second-order valence-electron chi connectivity index (χ2n) is 8.72. The van der Waals surface area contributed by atoms with Gasteiger partial charge in [0.1, 0.15) is 5.60 Å². The largest absolute Gasteiger partial charge is 0.444 e. The summed E-state index contributed by atoms with van der Waals surface area (Å²) in [4.78, 5) is 40.6. The molecule has 0 spiro atoms. The number of likely N-dealkylation sites (tertiary alicyclic amines) is 1. The summed E-state index contributed by atoms with van der Waals surface area (Å²) in [5.74, 6) is -0.197. The van der Waals surface area contributed by atoms with Crippen LogP contribution in [0.4, 0.5) is 10.5 Å². The van der Waals surface area contributed by atoms with Crippen molar-refractivity contribution in [1.29, 1.82) is 0 Å². The van der Waals surface area contributed by atoms with Crippen LogP contribution in [0.1, 0.15) is 41.5 Å².